The highest BCUT2D eigenvalue weighted by Crippen LogP contribution is 2.36. The number of fused-ring (bicyclic) bond motifs is 1. The van der Waals surface area contributed by atoms with E-state index in [2.05, 4.69) is 15.9 Å². The van der Waals surface area contributed by atoms with Crippen LogP contribution in [0.15, 0.2) is 100 Å². The van der Waals surface area contributed by atoms with Crippen molar-refractivity contribution in [2.75, 3.05) is 20.9 Å². The number of halogens is 1. The molecule has 5 rings (SSSR count). The number of nitrogens with zero attached hydrogens (tertiary/aromatic N) is 2. The Morgan fingerprint density at radius 1 is 1.00 bits per heavy atom. The van der Waals surface area contributed by atoms with Crippen molar-refractivity contribution in [3.63, 3.8) is 0 Å². The number of carbonyl (C=O) groups is 1. The molecule has 4 aromatic rings. The summed E-state index contributed by atoms with van der Waals surface area (Å²) < 4.78 is 13.6. The van der Waals surface area contributed by atoms with Gasteiger partial charge in [0.15, 0.2) is 5.76 Å². The van der Waals surface area contributed by atoms with E-state index < -0.39 is 6.04 Å². The predicted molar refractivity (Wildman–Crippen MR) is 144 cm³/mol. The van der Waals surface area contributed by atoms with Crippen molar-refractivity contribution in [1.29, 1.82) is 0 Å². The van der Waals surface area contributed by atoms with Crippen LogP contribution in [0.4, 0.5) is 0 Å². The lowest BCUT2D eigenvalue weighted by atomic mass is 9.94. The maximum absolute atomic E-state index is 14.2. The molecular formula is C29H25BrN2O4. The second-order valence-corrected chi connectivity index (χ2v) is 9.72. The Kier molecular flexibility index (Phi) is 6.65. The first-order valence-electron chi connectivity index (χ1n) is 11.6. The Morgan fingerprint density at radius 3 is 2.33 bits per heavy atom. The van der Waals surface area contributed by atoms with Gasteiger partial charge in [-0.05, 0) is 34.7 Å². The van der Waals surface area contributed by atoms with Gasteiger partial charge >= 0.3 is 0 Å². The molecule has 2 heterocycles. The molecule has 0 fully saturated rings. The van der Waals surface area contributed by atoms with Gasteiger partial charge in [0.05, 0.1) is 0 Å². The minimum atomic E-state index is -0.586. The van der Waals surface area contributed by atoms with Crippen LogP contribution in [0.2, 0.25) is 0 Å². The van der Waals surface area contributed by atoms with Crippen LogP contribution in [0.3, 0.4) is 0 Å². The van der Waals surface area contributed by atoms with Crippen LogP contribution in [0, 0.1) is 0 Å². The molecule has 1 aromatic heterocycles. The van der Waals surface area contributed by atoms with Crippen molar-refractivity contribution in [3.8, 4) is 11.1 Å². The van der Waals surface area contributed by atoms with Crippen LogP contribution < -0.4 is 5.56 Å². The number of ether oxygens (including phenoxy) is 2. The van der Waals surface area contributed by atoms with Crippen molar-refractivity contribution in [1.82, 2.24) is 9.47 Å². The monoisotopic (exact) mass is 544 g/mol. The van der Waals surface area contributed by atoms with E-state index in [1.807, 2.05) is 72.8 Å². The molecule has 3 aromatic carbocycles. The summed E-state index contributed by atoms with van der Waals surface area (Å²) >= 11 is 3.55. The van der Waals surface area contributed by atoms with Crippen molar-refractivity contribution in [3.05, 3.63) is 117 Å². The lowest BCUT2D eigenvalue weighted by Gasteiger charge is -2.27. The van der Waals surface area contributed by atoms with Crippen molar-refractivity contribution in [2.24, 2.45) is 0 Å². The molecule has 0 saturated heterocycles. The third-order valence-corrected chi connectivity index (χ3v) is 6.75. The molecule has 6 nitrogen and oxygen atoms in total. The molecule has 1 amide bonds. The molecule has 0 bridgehead atoms. The fourth-order valence-electron chi connectivity index (χ4n) is 4.59. The number of allylic oxidation sites excluding steroid dienone is 1. The van der Waals surface area contributed by atoms with E-state index in [0.29, 0.717) is 34.2 Å². The zero-order valence-corrected chi connectivity index (χ0v) is 21.6. The van der Waals surface area contributed by atoms with Crippen LogP contribution in [0.5, 0.6) is 0 Å². The number of pyridine rings is 1. The highest BCUT2D eigenvalue weighted by molar-refractivity contribution is 9.10. The summed E-state index contributed by atoms with van der Waals surface area (Å²) in [6.07, 6.45) is 1.98. The first kappa shape index (κ1) is 23.9. The summed E-state index contributed by atoms with van der Waals surface area (Å²) in [4.78, 5) is 29.6. The smallest absolute Gasteiger partial charge is 0.270 e. The molecule has 7 heteroatoms. The van der Waals surface area contributed by atoms with Crippen LogP contribution in [0.25, 0.3) is 21.9 Å². The average Bonchev–Trinajstić information content (AvgIpc) is 3.43. The molecule has 182 valence electrons. The summed E-state index contributed by atoms with van der Waals surface area (Å²) in [6.45, 7) is 0.0679. The van der Waals surface area contributed by atoms with E-state index in [4.69, 9.17) is 9.47 Å². The summed E-state index contributed by atoms with van der Waals surface area (Å²) in [5, 5.41) is 1.22. The summed E-state index contributed by atoms with van der Waals surface area (Å²) in [7, 11) is 3.38. The SMILES string of the molecule is CN(C)C(=O)c1c(-c2ccccc2)c2cc(Br)ccc2c(=O)n1C(Cc1ccccc1)C1=COCO1. The molecule has 0 aliphatic carbocycles. The fraction of sp³-hybridized carbons (Fsp3) is 0.172. The molecular weight excluding hydrogens is 520 g/mol. The number of hydrogen-bond acceptors (Lipinski definition) is 4. The molecule has 1 unspecified atom stereocenters. The Morgan fingerprint density at radius 2 is 1.69 bits per heavy atom. The van der Waals surface area contributed by atoms with Gasteiger partial charge in [-0.3, -0.25) is 14.2 Å². The normalized spacial score (nSPS) is 13.6. The molecule has 0 radical (unpaired) electrons. The first-order chi connectivity index (χ1) is 17.5. The molecule has 1 aliphatic heterocycles. The van der Waals surface area contributed by atoms with E-state index in [9.17, 15) is 9.59 Å². The maximum Gasteiger partial charge on any atom is 0.270 e. The predicted octanol–water partition coefficient (Wildman–Crippen LogP) is 5.76. The van der Waals surface area contributed by atoms with Crippen LogP contribution in [-0.2, 0) is 15.9 Å². The van der Waals surface area contributed by atoms with Gasteiger partial charge in [-0.15, -0.1) is 0 Å². The lowest BCUT2D eigenvalue weighted by Crippen LogP contribution is -2.36. The molecule has 1 atom stereocenters. The quantitative estimate of drug-likeness (QED) is 0.309. The number of benzene rings is 3. The molecule has 36 heavy (non-hydrogen) atoms. The topological polar surface area (TPSA) is 60.8 Å². The van der Waals surface area contributed by atoms with Gasteiger partial charge in [0, 0.05) is 35.9 Å². The highest BCUT2D eigenvalue weighted by Gasteiger charge is 2.32. The molecule has 0 saturated carbocycles. The number of hydrogen-bond donors (Lipinski definition) is 0. The van der Waals surface area contributed by atoms with Gasteiger partial charge in [-0.2, -0.15) is 0 Å². The summed E-state index contributed by atoms with van der Waals surface area (Å²) in [5.74, 6) is 0.231. The highest BCUT2D eigenvalue weighted by atomic mass is 79.9. The molecule has 0 N–H and O–H groups in total. The van der Waals surface area contributed by atoms with Crippen molar-refractivity contribution in [2.45, 2.75) is 12.5 Å². The van der Waals surface area contributed by atoms with E-state index in [0.717, 1.165) is 15.6 Å². The number of amides is 1. The van der Waals surface area contributed by atoms with Gasteiger partial charge in [-0.1, -0.05) is 76.6 Å². The van der Waals surface area contributed by atoms with E-state index in [1.165, 1.54) is 11.2 Å². The van der Waals surface area contributed by atoms with Crippen molar-refractivity contribution >= 4 is 32.6 Å². The fourth-order valence-corrected chi connectivity index (χ4v) is 4.95. The standard InChI is InChI=1S/C29H25BrN2O4/c1-31(2)29(34)27-26(20-11-7-4-8-12-20)23-16-21(30)13-14-22(23)28(33)32(27)24(25-17-35-18-36-25)15-19-9-5-3-6-10-19/h3-14,16-17,24H,15,18H2,1-2H3. The van der Waals surface area contributed by atoms with Gasteiger partial charge in [-0.25, -0.2) is 0 Å². The lowest BCUT2D eigenvalue weighted by molar-refractivity contribution is 0.0699. The minimum Gasteiger partial charge on any atom is -0.462 e. The second kappa shape index (κ2) is 10.0. The second-order valence-electron chi connectivity index (χ2n) is 8.81. The molecule has 1 aliphatic rings. The first-order valence-corrected chi connectivity index (χ1v) is 12.4. The van der Waals surface area contributed by atoms with Gasteiger partial charge < -0.3 is 14.4 Å². The molecule has 0 spiro atoms. The zero-order valence-electron chi connectivity index (χ0n) is 20.0. The van der Waals surface area contributed by atoms with E-state index in [-0.39, 0.29) is 18.3 Å². The summed E-state index contributed by atoms with van der Waals surface area (Å²) in [6, 6.07) is 24.5. The van der Waals surface area contributed by atoms with Gasteiger partial charge in [0.1, 0.15) is 18.0 Å². The maximum atomic E-state index is 14.2. The Bertz CT molecular complexity index is 1510. The van der Waals surface area contributed by atoms with E-state index in [1.54, 1.807) is 24.7 Å². The largest absolute Gasteiger partial charge is 0.462 e. The number of rotatable bonds is 6. The van der Waals surface area contributed by atoms with Crippen LogP contribution in [0.1, 0.15) is 22.1 Å². The minimum absolute atomic E-state index is 0.0679. The number of carbonyl (C=O) groups excluding carboxylic acids is 1. The zero-order chi connectivity index (χ0) is 25.2. The Labute approximate surface area is 217 Å². The van der Waals surface area contributed by atoms with Crippen LogP contribution in [-0.4, -0.2) is 36.3 Å². The third kappa shape index (κ3) is 4.42. The third-order valence-electron chi connectivity index (χ3n) is 6.25. The number of aromatic nitrogens is 1. The van der Waals surface area contributed by atoms with Gasteiger partial charge in [0.25, 0.3) is 11.5 Å². The Balaban J connectivity index is 1.91. The Hall–Kier alpha value is -3.84. The summed E-state index contributed by atoms with van der Waals surface area (Å²) in [5.41, 5.74) is 2.59. The average molecular weight is 545 g/mol. The van der Waals surface area contributed by atoms with Crippen LogP contribution >= 0.6 is 15.9 Å². The van der Waals surface area contributed by atoms with Crippen molar-refractivity contribution < 1.29 is 14.3 Å². The van der Waals surface area contributed by atoms with Gasteiger partial charge in [0.2, 0.25) is 6.79 Å². The van der Waals surface area contributed by atoms with E-state index >= 15 is 0 Å².